The van der Waals surface area contributed by atoms with Gasteiger partial charge in [0.05, 0.1) is 17.0 Å². The van der Waals surface area contributed by atoms with Crippen molar-refractivity contribution in [3.63, 3.8) is 0 Å². The summed E-state index contributed by atoms with van der Waals surface area (Å²) in [4.78, 5) is 15.8. The first-order valence-corrected chi connectivity index (χ1v) is 5.88. The number of hydrogen-bond acceptors (Lipinski definition) is 6. The molecule has 1 aliphatic rings. The molecule has 6 nitrogen and oxygen atoms in total. The van der Waals surface area contributed by atoms with Crippen molar-refractivity contribution in [2.45, 2.75) is 6.23 Å². The topological polar surface area (TPSA) is 61.9 Å². The van der Waals surface area contributed by atoms with E-state index in [1.807, 2.05) is 7.05 Å². The number of rotatable bonds is 5. The van der Waals surface area contributed by atoms with Gasteiger partial charge in [-0.1, -0.05) is 22.5 Å². The van der Waals surface area contributed by atoms with Gasteiger partial charge in [-0.15, -0.1) is 6.42 Å². The average Bonchev–Trinajstić information content (AvgIpc) is 3.08. The van der Waals surface area contributed by atoms with Gasteiger partial charge in [-0.3, -0.25) is 15.0 Å². The van der Waals surface area contributed by atoms with Crippen molar-refractivity contribution in [1.29, 1.82) is 0 Å². The summed E-state index contributed by atoms with van der Waals surface area (Å²) < 4.78 is 3.37. The van der Waals surface area contributed by atoms with E-state index in [1.54, 1.807) is 27.0 Å². The Morgan fingerprint density at radius 1 is 1.67 bits per heavy atom. The third kappa shape index (κ3) is 2.80. The SMILES string of the molecule is C#CCN(C)SN1OC1c1ccccc1[N+](=O)[O-]. The highest BCUT2D eigenvalue weighted by atomic mass is 32.2. The number of hydrogen-bond donors (Lipinski definition) is 0. The normalized spacial score (nSPS) is 21.6. The molecule has 0 saturated carbocycles. The standard InChI is InChI=1S/C11H11N3O3S/c1-3-8-12(2)18-14-11(17-14)9-6-4-5-7-10(9)13(15)16/h1,4-7,11H,8H2,2H3. The molecule has 1 aromatic rings. The van der Waals surface area contributed by atoms with Crippen LogP contribution in [-0.2, 0) is 4.84 Å². The second kappa shape index (κ2) is 5.37. The largest absolute Gasteiger partial charge is 0.276 e. The number of terminal acetylenes is 1. The molecule has 0 aliphatic carbocycles. The lowest BCUT2D eigenvalue weighted by Crippen LogP contribution is -2.11. The molecule has 2 unspecified atom stereocenters. The first-order valence-electron chi connectivity index (χ1n) is 5.15. The number of nitrogens with zero attached hydrogens (tertiary/aromatic N) is 3. The molecule has 0 aromatic heterocycles. The van der Waals surface area contributed by atoms with Gasteiger partial charge in [-0.25, -0.2) is 4.31 Å². The highest BCUT2D eigenvalue weighted by Gasteiger charge is 2.43. The zero-order chi connectivity index (χ0) is 13.1. The molecule has 1 aliphatic heterocycles. The predicted octanol–water partition coefficient (Wildman–Crippen LogP) is 1.97. The molecule has 18 heavy (non-hydrogen) atoms. The molecule has 0 radical (unpaired) electrons. The maximum Gasteiger partial charge on any atom is 0.276 e. The average molecular weight is 265 g/mol. The minimum atomic E-state index is -0.412. The van der Waals surface area contributed by atoms with E-state index in [9.17, 15) is 10.1 Å². The Labute approximate surface area is 109 Å². The number of benzene rings is 1. The molecule has 0 bridgehead atoms. The van der Waals surface area contributed by atoms with Crippen LogP contribution in [0.15, 0.2) is 24.3 Å². The smallest absolute Gasteiger partial charge is 0.258 e. The number of hydroxylamine groups is 1. The third-order valence-electron chi connectivity index (χ3n) is 2.28. The molecule has 2 rings (SSSR count). The molecule has 0 N–H and O–H groups in total. The van der Waals surface area contributed by atoms with Gasteiger partial charge in [-0.05, 0) is 13.1 Å². The van der Waals surface area contributed by atoms with Crippen molar-refractivity contribution in [3.8, 4) is 12.3 Å². The Balaban J connectivity index is 2.04. The van der Waals surface area contributed by atoms with Crippen LogP contribution in [0.3, 0.4) is 0 Å². The van der Waals surface area contributed by atoms with Crippen LogP contribution in [0.5, 0.6) is 0 Å². The quantitative estimate of drug-likeness (QED) is 0.267. The fraction of sp³-hybridized carbons (Fsp3) is 0.273. The van der Waals surface area contributed by atoms with E-state index in [4.69, 9.17) is 11.3 Å². The molecule has 7 heteroatoms. The van der Waals surface area contributed by atoms with Gasteiger partial charge in [0, 0.05) is 18.2 Å². The lowest BCUT2D eigenvalue weighted by Gasteiger charge is -2.09. The summed E-state index contributed by atoms with van der Waals surface area (Å²) in [7, 11) is 1.82. The van der Waals surface area contributed by atoms with Gasteiger partial charge in [0.1, 0.15) is 0 Å². The van der Waals surface area contributed by atoms with Crippen molar-refractivity contribution in [1.82, 2.24) is 8.77 Å². The van der Waals surface area contributed by atoms with Crippen LogP contribution in [0.1, 0.15) is 11.8 Å². The van der Waals surface area contributed by atoms with Crippen LogP contribution in [0, 0.1) is 22.5 Å². The number of para-hydroxylation sites is 1. The van der Waals surface area contributed by atoms with E-state index in [-0.39, 0.29) is 5.69 Å². The van der Waals surface area contributed by atoms with Crippen molar-refractivity contribution in [3.05, 3.63) is 39.9 Å². The Bertz CT molecular complexity index is 503. The first kappa shape index (κ1) is 12.9. The third-order valence-corrected chi connectivity index (χ3v) is 3.13. The molecule has 1 heterocycles. The maximum absolute atomic E-state index is 10.9. The predicted molar refractivity (Wildman–Crippen MR) is 67.8 cm³/mol. The highest BCUT2D eigenvalue weighted by molar-refractivity contribution is 7.94. The van der Waals surface area contributed by atoms with Crippen LogP contribution in [0.25, 0.3) is 0 Å². The Morgan fingerprint density at radius 2 is 2.39 bits per heavy atom. The maximum atomic E-state index is 10.9. The zero-order valence-electron chi connectivity index (χ0n) is 9.65. The lowest BCUT2D eigenvalue weighted by molar-refractivity contribution is -0.385. The van der Waals surface area contributed by atoms with Gasteiger partial charge < -0.3 is 0 Å². The second-order valence-corrected chi connectivity index (χ2v) is 4.78. The van der Waals surface area contributed by atoms with E-state index >= 15 is 0 Å². The first-order chi connectivity index (χ1) is 8.63. The molecule has 0 amide bonds. The number of nitro benzene ring substituents is 1. The van der Waals surface area contributed by atoms with E-state index in [1.165, 1.54) is 18.2 Å². The summed E-state index contributed by atoms with van der Waals surface area (Å²) in [5.74, 6) is 2.50. The van der Waals surface area contributed by atoms with Gasteiger partial charge >= 0.3 is 0 Å². The van der Waals surface area contributed by atoms with E-state index in [0.717, 1.165) is 0 Å². The van der Waals surface area contributed by atoms with Crippen molar-refractivity contribution in [2.75, 3.05) is 13.6 Å². The van der Waals surface area contributed by atoms with Gasteiger partial charge in [0.2, 0.25) is 0 Å². The fourth-order valence-electron chi connectivity index (χ4n) is 1.46. The summed E-state index contributed by atoms with van der Waals surface area (Å²) >= 11 is 1.29. The Hall–Kier alpha value is -1.59. The minimum absolute atomic E-state index is 0.0604. The molecule has 1 fully saturated rings. The van der Waals surface area contributed by atoms with Crippen LogP contribution >= 0.6 is 12.1 Å². The fourth-order valence-corrected chi connectivity index (χ4v) is 2.19. The summed E-state index contributed by atoms with van der Waals surface area (Å²) in [6.07, 6.45) is 4.79. The Morgan fingerprint density at radius 3 is 3.06 bits per heavy atom. The molecular weight excluding hydrogens is 254 g/mol. The van der Waals surface area contributed by atoms with Gasteiger partial charge in [0.15, 0.2) is 6.23 Å². The lowest BCUT2D eigenvalue weighted by atomic mass is 10.2. The zero-order valence-corrected chi connectivity index (χ0v) is 10.5. The molecular formula is C11H11N3O3S. The Kier molecular flexibility index (Phi) is 3.84. The summed E-state index contributed by atoms with van der Waals surface area (Å²) in [5, 5.41) is 10.9. The van der Waals surface area contributed by atoms with Crippen LogP contribution in [0.2, 0.25) is 0 Å². The minimum Gasteiger partial charge on any atom is -0.258 e. The molecule has 0 spiro atoms. The van der Waals surface area contributed by atoms with Crippen molar-refractivity contribution < 1.29 is 9.76 Å². The molecule has 94 valence electrons. The van der Waals surface area contributed by atoms with Crippen LogP contribution in [0.4, 0.5) is 5.69 Å². The van der Waals surface area contributed by atoms with Crippen LogP contribution in [-0.4, -0.2) is 27.3 Å². The van der Waals surface area contributed by atoms with E-state index < -0.39 is 11.2 Å². The van der Waals surface area contributed by atoms with Gasteiger partial charge in [-0.2, -0.15) is 0 Å². The van der Waals surface area contributed by atoms with Crippen molar-refractivity contribution >= 4 is 17.8 Å². The highest BCUT2D eigenvalue weighted by Crippen LogP contribution is 2.46. The van der Waals surface area contributed by atoms with E-state index in [2.05, 4.69) is 5.92 Å². The second-order valence-electron chi connectivity index (χ2n) is 3.63. The monoisotopic (exact) mass is 265 g/mol. The van der Waals surface area contributed by atoms with Crippen molar-refractivity contribution in [2.24, 2.45) is 0 Å². The molecule has 2 atom stereocenters. The summed E-state index contributed by atoms with van der Waals surface area (Å²) in [5.41, 5.74) is 0.606. The molecule has 1 saturated heterocycles. The molecule has 1 aromatic carbocycles. The summed E-state index contributed by atoms with van der Waals surface area (Å²) in [6, 6.07) is 6.53. The van der Waals surface area contributed by atoms with Gasteiger partial charge in [0.25, 0.3) is 5.69 Å². The number of nitro groups is 1. The summed E-state index contributed by atoms with van der Waals surface area (Å²) in [6.45, 7) is 0.466. The van der Waals surface area contributed by atoms with Crippen LogP contribution < -0.4 is 0 Å². The van der Waals surface area contributed by atoms with E-state index in [0.29, 0.717) is 12.1 Å².